The summed E-state index contributed by atoms with van der Waals surface area (Å²) in [7, 11) is 0. The van der Waals surface area contributed by atoms with Crippen LogP contribution in [0.3, 0.4) is 0 Å². The van der Waals surface area contributed by atoms with Gasteiger partial charge in [0.05, 0.1) is 18.4 Å². The Morgan fingerprint density at radius 2 is 2.07 bits per heavy atom. The average Bonchev–Trinajstić information content (AvgIpc) is 2.99. The first kappa shape index (κ1) is 18.7. The summed E-state index contributed by atoms with van der Waals surface area (Å²) in [4.78, 5) is 6.94. The minimum Gasteiger partial charge on any atom is -0.493 e. The topological polar surface area (TPSA) is 62.9 Å². The number of anilines is 1. The quantitative estimate of drug-likeness (QED) is 0.748. The van der Waals surface area contributed by atoms with Crippen molar-refractivity contribution in [3.63, 3.8) is 0 Å². The van der Waals surface area contributed by atoms with Crippen molar-refractivity contribution >= 4 is 11.5 Å². The second kappa shape index (κ2) is 7.39. The number of halogens is 1. The van der Waals surface area contributed by atoms with Crippen LogP contribution in [-0.4, -0.2) is 45.5 Å². The number of aromatic hydroxyl groups is 1. The van der Waals surface area contributed by atoms with Crippen molar-refractivity contribution in [3.8, 4) is 5.88 Å². The highest BCUT2D eigenvalue weighted by Crippen LogP contribution is 2.28. The van der Waals surface area contributed by atoms with Gasteiger partial charge in [-0.15, -0.1) is 0 Å². The molecular weight excluding hydrogens is 359 g/mol. The van der Waals surface area contributed by atoms with Crippen molar-refractivity contribution in [2.75, 3.05) is 24.6 Å². The molecule has 1 unspecified atom stereocenters. The van der Waals surface area contributed by atoms with Crippen LogP contribution in [0, 0.1) is 13.8 Å². The zero-order chi connectivity index (χ0) is 19.8. The van der Waals surface area contributed by atoms with E-state index in [9.17, 15) is 9.50 Å². The van der Waals surface area contributed by atoms with Crippen molar-refractivity contribution in [1.29, 1.82) is 0 Å². The molecule has 3 aromatic rings. The lowest BCUT2D eigenvalue weighted by Crippen LogP contribution is -2.41. The Morgan fingerprint density at radius 1 is 1.29 bits per heavy atom. The van der Waals surface area contributed by atoms with Crippen LogP contribution in [0.25, 0.3) is 5.65 Å². The van der Waals surface area contributed by atoms with E-state index in [1.165, 1.54) is 4.52 Å². The fraction of sp³-hybridized carbons (Fsp3) is 0.429. The van der Waals surface area contributed by atoms with Gasteiger partial charge in [-0.05, 0) is 37.5 Å². The second-order valence-electron chi connectivity index (χ2n) is 7.41. The molecule has 1 saturated heterocycles. The molecule has 0 spiro atoms. The van der Waals surface area contributed by atoms with Gasteiger partial charge in [0, 0.05) is 31.1 Å². The van der Waals surface area contributed by atoms with Crippen molar-refractivity contribution in [1.82, 2.24) is 14.6 Å². The summed E-state index contributed by atoms with van der Waals surface area (Å²) in [6, 6.07) is 7.34. The third-order valence-electron chi connectivity index (χ3n) is 5.49. The summed E-state index contributed by atoms with van der Waals surface area (Å²) in [5, 5.41) is 15.0. The number of fused-ring (bicyclic) bond motifs is 1. The molecule has 148 valence electrons. The number of hydrogen-bond acceptors (Lipinski definition) is 5. The number of alkyl halides is 1. The number of hydrogen-bond donors (Lipinski definition) is 1. The van der Waals surface area contributed by atoms with Crippen molar-refractivity contribution < 1.29 is 14.2 Å². The molecule has 1 fully saturated rings. The average molecular weight is 384 g/mol. The molecular formula is C21H25FN4O2. The molecule has 0 aliphatic carbocycles. The maximum Gasteiger partial charge on any atom is 0.217 e. The molecule has 6 nitrogen and oxygen atoms in total. The Morgan fingerprint density at radius 3 is 2.82 bits per heavy atom. The minimum atomic E-state index is -0.480. The highest BCUT2D eigenvalue weighted by atomic mass is 19.1. The van der Waals surface area contributed by atoms with E-state index in [1.807, 2.05) is 39.0 Å². The van der Waals surface area contributed by atoms with Crippen LogP contribution >= 0.6 is 0 Å². The van der Waals surface area contributed by atoms with E-state index in [2.05, 4.69) is 10.00 Å². The van der Waals surface area contributed by atoms with Gasteiger partial charge in [0.15, 0.2) is 5.65 Å². The van der Waals surface area contributed by atoms with Gasteiger partial charge in [0.2, 0.25) is 5.88 Å². The smallest absolute Gasteiger partial charge is 0.217 e. The molecule has 2 aromatic heterocycles. The Balaban J connectivity index is 1.77. The Hall–Kier alpha value is -2.67. The monoisotopic (exact) mass is 384 g/mol. The first-order chi connectivity index (χ1) is 13.5. The number of ether oxygens (including phenoxy) is 1. The molecule has 1 aliphatic heterocycles. The van der Waals surface area contributed by atoms with Crippen LogP contribution in [-0.2, 0) is 17.8 Å². The van der Waals surface area contributed by atoms with E-state index in [0.717, 1.165) is 41.3 Å². The van der Waals surface area contributed by atoms with Crippen LogP contribution in [0.15, 0.2) is 24.3 Å². The molecule has 1 aliphatic rings. The lowest BCUT2D eigenvalue weighted by molar-refractivity contribution is 0.0529. The van der Waals surface area contributed by atoms with Gasteiger partial charge in [-0.1, -0.05) is 18.2 Å². The highest BCUT2D eigenvalue weighted by molar-refractivity contribution is 5.59. The number of rotatable bonds is 4. The van der Waals surface area contributed by atoms with Crippen molar-refractivity contribution in [2.45, 2.75) is 40.0 Å². The van der Waals surface area contributed by atoms with E-state index >= 15 is 0 Å². The molecule has 4 rings (SSSR count). The van der Waals surface area contributed by atoms with E-state index < -0.39 is 6.67 Å². The fourth-order valence-electron chi connectivity index (χ4n) is 3.80. The third-order valence-corrected chi connectivity index (χ3v) is 5.49. The molecule has 0 radical (unpaired) electrons. The first-order valence-electron chi connectivity index (χ1n) is 9.56. The lowest BCUT2D eigenvalue weighted by Gasteiger charge is -2.32. The van der Waals surface area contributed by atoms with E-state index in [4.69, 9.17) is 9.72 Å². The summed E-state index contributed by atoms with van der Waals surface area (Å²) >= 11 is 0. The molecule has 7 heteroatoms. The van der Waals surface area contributed by atoms with E-state index in [-0.39, 0.29) is 12.0 Å². The summed E-state index contributed by atoms with van der Waals surface area (Å²) in [6.07, 6.45) is 0.704. The van der Waals surface area contributed by atoms with Crippen LogP contribution in [0.5, 0.6) is 5.88 Å². The molecule has 0 amide bonds. The Labute approximate surface area is 163 Å². The van der Waals surface area contributed by atoms with Crippen LogP contribution in [0.4, 0.5) is 10.2 Å². The molecule has 28 heavy (non-hydrogen) atoms. The third kappa shape index (κ3) is 3.30. The van der Waals surface area contributed by atoms with Crippen molar-refractivity contribution in [3.05, 3.63) is 52.2 Å². The van der Waals surface area contributed by atoms with Gasteiger partial charge < -0.3 is 14.7 Å². The second-order valence-corrected chi connectivity index (χ2v) is 7.41. The zero-order valence-electron chi connectivity index (χ0n) is 16.4. The minimum absolute atomic E-state index is 0.0581. The highest BCUT2D eigenvalue weighted by Gasteiger charge is 2.22. The van der Waals surface area contributed by atoms with E-state index in [0.29, 0.717) is 24.2 Å². The Bertz CT molecular complexity index is 1020. The maximum atomic E-state index is 13.2. The predicted octanol–water partition coefficient (Wildman–Crippen LogP) is 3.34. The molecule has 0 saturated carbocycles. The van der Waals surface area contributed by atoms with Gasteiger partial charge in [-0.2, -0.15) is 9.61 Å². The van der Waals surface area contributed by atoms with Gasteiger partial charge in [0.1, 0.15) is 12.5 Å². The number of morpholine rings is 1. The maximum absolute atomic E-state index is 13.2. The van der Waals surface area contributed by atoms with Crippen LogP contribution in [0.1, 0.15) is 34.9 Å². The molecule has 1 atom stereocenters. The molecule has 0 bridgehead atoms. The summed E-state index contributed by atoms with van der Waals surface area (Å²) < 4.78 is 20.3. The first-order valence-corrected chi connectivity index (χ1v) is 9.56. The summed E-state index contributed by atoms with van der Waals surface area (Å²) in [6.45, 7) is 7.49. The number of benzene rings is 1. The largest absolute Gasteiger partial charge is 0.493 e. The molecule has 3 heterocycles. The summed E-state index contributed by atoms with van der Waals surface area (Å²) in [5.41, 5.74) is 5.08. The lowest BCUT2D eigenvalue weighted by atomic mass is 9.97. The normalized spacial score (nSPS) is 17.4. The van der Waals surface area contributed by atoms with Gasteiger partial charge >= 0.3 is 0 Å². The number of nitrogens with zero attached hydrogens (tertiary/aromatic N) is 4. The van der Waals surface area contributed by atoms with Gasteiger partial charge in [-0.3, -0.25) is 0 Å². The SMILES string of the molecule is Cc1nn2c(O)cc(N3CCOC(C)C3)nc2c1Cc1cccc(CF)c1C. The van der Waals surface area contributed by atoms with Crippen molar-refractivity contribution in [2.24, 2.45) is 0 Å². The van der Waals surface area contributed by atoms with Crippen LogP contribution < -0.4 is 4.90 Å². The molecule has 1 N–H and O–H groups in total. The number of aryl methyl sites for hydroxylation is 1. The molecule has 1 aromatic carbocycles. The number of aromatic nitrogens is 3. The predicted molar refractivity (Wildman–Crippen MR) is 106 cm³/mol. The van der Waals surface area contributed by atoms with Crippen LogP contribution in [0.2, 0.25) is 0 Å². The fourth-order valence-corrected chi connectivity index (χ4v) is 3.80. The van der Waals surface area contributed by atoms with Gasteiger partial charge in [0.25, 0.3) is 0 Å². The zero-order valence-corrected chi connectivity index (χ0v) is 16.4. The van der Waals surface area contributed by atoms with Gasteiger partial charge in [-0.25, -0.2) is 9.37 Å². The summed E-state index contributed by atoms with van der Waals surface area (Å²) in [5.74, 6) is 0.776. The standard InChI is InChI=1S/C21H25FN4O2/c1-13-12-25(7-8-28-13)19-10-20(27)26-21(23-19)18(15(3)24-26)9-16-5-4-6-17(11-22)14(16)2/h4-6,10,13,27H,7-9,11-12H2,1-3H3. The Kier molecular flexibility index (Phi) is 4.93. The van der Waals surface area contributed by atoms with E-state index in [1.54, 1.807) is 6.07 Å².